The predicted molar refractivity (Wildman–Crippen MR) is 86.9 cm³/mol. The van der Waals surface area contributed by atoms with Crippen LogP contribution in [-0.2, 0) is 16.0 Å². The van der Waals surface area contributed by atoms with Crippen molar-refractivity contribution >= 4 is 11.8 Å². The Morgan fingerprint density at radius 1 is 1.48 bits per heavy atom. The number of carbonyl (C=O) groups is 2. The first-order chi connectivity index (χ1) is 11.0. The molecule has 2 amide bonds. The molecule has 7 heteroatoms. The summed E-state index contributed by atoms with van der Waals surface area (Å²) in [5, 5.41) is 5.80. The van der Waals surface area contributed by atoms with Crippen molar-refractivity contribution in [2.75, 3.05) is 19.6 Å². The van der Waals surface area contributed by atoms with E-state index in [-0.39, 0.29) is 30.0 Å². The number of nitrogens with zero attached hydrogens (tertiary/aromatic N) is 1. The zero-order valence-electron chi connectivity index (χ0n) is 13.2. The molecule has 1 saturated heterocycles. The van der Waals surface area contributed by atoms with Crippen molar-refractivity contribution in [1.82, 2.24) is 20.5 Å². The van der Waals surface area contributed by atoms with E-state index in [1.54, 1.807) is 23.2 Å². The van der Waals surface area contributed by atoms with Gasteiger partial charge in [0.1, 0.15) is 6.04 Å². The van der Waals surface area contributed by atoms with Crippen molar-refractivity contribution in [3.63, 3.8) is 0 Å². The topological polar surface area (TPSA) is 94.3 Å². The predicted octanol–water partition coefficient (Wildman–Crippen LogP) is -0.591. The number of amides is 2. The van der Waals surface area contributed by atoms with E-state index in [0.29, 0.717) is 19.5 Å². The first kappa shape index (κ1) is 17.0. The molecule has 1 fully saturated rings. The molecule has 0 aliphatic carbocycles. The summed E-state index contributed by atoms with van der Waals surface area (Å²) in [7, 11) is 0. The Morgan fingerprint density at radius 2 is 2.26 bits per heavy atom. The molecule has 2 rings (SSSR count). The lowest BCUT2D eigenvalue weighted by atomic mass is 10.0. The molecule has 1 aliphatic heterocycles. The first-order valence-electron chi connectivity index (χ1n) is 7.61. The monoisotopic (exact) mass is 318 g/mol. The minimum absolute atomic E-state index is 0.0847. The van der Waals surface area contributed by atoms with Crippen molar-refractivity contribution in [2.24, 2.45) is 0 Å². The highest BCUT2D eigenvalue weighted by Gasteiger charge is 2.36. The molecule has 1 aromatic rings. The fourth-order valence-corrected chi connectivity index (χ4v) is 2.67. The van der Waals surface area contributed by atoms with Gasteiger partial charge in [-0.2, -0.15) is 0 Å². The molecule has 23 heavy (non-hydrogen) atoms. The number of nitrogens with one attached hydrogen (secondary N) is 3. The molecule has 3 N–H and O–H groups in total. The maximum absolute atomic E-state index is 12.5. The molecule has 0 radical (unpaired) electrons. The second-order valence-electron chi connectivity index (χ2n) is 5.60. The largest absolute Gasteiger partial charge is 0.352 e. The van der Waals surface area contributed by atoms with Gasteiger partial charge in [0.05, 0.1) is 6.54 Å². The molecule has 1 aliphatic rings. The van der Waals surface area contributed by atoms with Crippen molar-refractivity contribution in [1.29, 1.82) is 0 Å². The van der Waals surface area contributed by atoms with Crippen molar-refractivity contribution in [3.05, 3.63) is 46.9 Å². The highest BCUT2D eigenvalue weighted by molar-refractivity contribution is 5.90. The molecule has 0 unspecified atom stereocenters. The fourth-order valence-electron chi connectivity index (χ4n) is 2.67. The summed E-state index contributed by atoms with van der Waals surface area (Å²) in [6, 6.07) is 2.42. The fraction of sp³-hybridized carbons (Fsp3) is 0.438. The van der Waals surface area contributed by atoms with E-state index >= 15 is 0 Å². The Kier molecular flexibility index (Phi) is 5.70. The minimum atomic E-state index is -0.581. The zero-order valence-corrected chi connectivity index (χ0v) is 13.2. The van der Waals surface area contributed by atoms with E-state index < -0.39 is 6.04 Å². The SMILES string of the molecule is C=CCNCC(=O)N1[C@@H](C)CNC(=O)[C@@H]1Cc1ccc(=O)[nH]c1. The van der Waals surface area contributed by atoms with E-state index in [9.17, 15) is 14.4 Å². The van der Waals surface area contributed by atoms with Crippen molar-refractivity contribution in [2.45, 2.75) is 25.4 Å². The lowest BCUT2D eigenvalue weighted by molar-refractivity contribution is -0.145. The highest BCUT2D eigenvalue weighted by Crippen LogP contribution is 2.15. The van der Waals surface area contributed by atoms with Gasteiger partial charge in [0.25, 0.3) is 0 Å². The standard InChI is InChI=1S/C16H22N4O3/c1-3-6-17-10-15(22)20-11(2)8-19-16(23)13(20)7-12-4-5-14(21)18-9-12/h3-5,9,11,13,17H,1,6-8,10H2,2H3,(H,18,21)(H,19,23)/t11-,13-/m0/s1. The molecule has 2 atom stereocenters. The molecular weight excluding hydrogens is 296 g/mol. The van der Waals surface area contributed by atoms with Crippen LogP contribution in [0.4, 0.5) is 0 Å². The summed E-state index contributed by atoms with van der Waals surface area (Å²) in [6.07, 6.45) is 3.62. The summed E-state index contributed by atoms with van der Waals surface area (Å²) in [5.41, 5.74) is 0.604. The molecule has 2 heterocycles. The Morgan fingerprint density at radius 3 is 2.91 bits per heavy atom. The van der Waals surface area contributed by atoms with Crippen molar-refractivity contribution < 1.29 is 9.59 Å². The number of pyridine rings is 1. The number of piperazine rings is 1. The molecular formula is C16H22N4O3. The summed E-state index contributed by atoms with van der Waals surface area (Å²) in [5.74, 6) is -0.296. The zero-order chi connectivity index (χ0) is 16.8. The van der Waals surface area contributed by atoms with Gasteiger partial charge in [0, 0.05) is 37.8 Å². The van der Waals surface area contributed by atoms with Gasteiger partial charge in [-0.05, 0) is 12.5 Å². The van der Waals surface area contributed by atoms with Crippen molar-refractivity contribution in [3.8, 4) is 0 Å². The molecule has 124 valence electrons. The second-order valence-corrected chi connectivity index (χ2v) is 5.60. The smallest absolute Gasteiger partial charge is 0.247 e. The van der Waals surface area contributed by atoms with E-state index in [2.05, 4.69) is 22.2 Å². The summed E-state index contributed by atoms with van der Waals surface area (Å²) < 4.78 is 0. The second kappa shape index (κ2) is 7.73. The van der Waals surface area contributed by atoms with Gasteiger partial charge in [0.2, 0.25) is 17.4 Å². The van der Waals surface area contributed by atoms with Gasteiger partial charge in [-0.1, -0.05) is 12.1 Å². The Labute approximate surface area is 134 Å². The van der Waals surface area contributed by atoms with Gasteiger partial charge < -0.3 is 20.5 Å². The molecule has 1 aromatic heterocycles. The number of hydrogen-bond acceptors (Lipinski definition) is 4. The third-order valence-electron chi connectivity index (χ3n) is 3.82. The Balaban J connectivity index is 2.15. The molecule has 0 bridgehead atoms. The van der Waals surface area contributed by atoms with Crippen LogP contribution >= 0.6 is 0 Å². The molecule has 0 spiro atoms. The number of hydrogen-bond donors (Lipinski definition) is 3. The van der Waals surface area contributed by atoms with Crippen LogP contribution < -0.4 is 16.2 Å². The number of H-pyrrole nitrogens is 1. The van der Waals surface area contributed by atoms with Gasteiger partial charge >= 0.3 is 0 Å². The third kappa shape index (κ3) is 4.29. The average molecular weight is 318 g/mol. The van der Waals surface area contributed by atoms with E-state index in [1.165, 1.54) is 6.07 Å². The van der Waals surface area contributed by atoms with Gasteiger partial charge in [0.15, 0.2) is 0 Å². The maximum Gasteiger partial charge on any atom is 0.247 e. The normalized spacial score (nSPS) is 20.9. The maximum atomic E-state index is 12.5. The average Bonchev–Trinajstić information content (AvgIpc) is 2.53. The third-order valence-corrected chi connectivity index (χ3v) is 3.82. The lowest BCUT2D eigenvalue weighted by Crippen LogP contribution is -2.63. The summed E-state index contributed by atoms with van der Waals surface area (Å²) in [6.45, 7) is 6.63. The number of rotatable bonds is 6. The molecule has 0 saturated carbocycles. The Bertz CT molecular complexity index is 620. The van der Waals surface area contributed by atoms with Crippen LogP contribution in [0.2, 0.25) is 0 Å². The van der Waals surface area contributed by atoms with Crippen LogP contribution in [0.3, 0.4) is 0 Å². The van der Waals surface area contributed by atoms with Gasteiger partial charge in [-0.3, -0.25) is 14.4 Å². The number of carbonyl (C=O) groups excluding carboxylic acids is 2. The summed E-state index contributed by atoms with van der Waals surface area (Å²) >= 11 is 0. The van der Waals surface area contributed by atoms with Crippen LogP contribution in [0.25, 0.3) is 0 Å². The van der Waals surface area contributed by atoms with E-state index in [1.807, 2.05) is 6.92 Å². The summed E-state index contributed by atoms with van der Waals surface area (Å²) in [4.78, 5) is 40.1. The van der Waals surface area contributed by atoms with Crippen LogP contribution in [0, 0.1) is 0 Å². The van der Waals surface area contributed by atoms with Gasteiger partial charge in [-0.15, -0.1) is 6.58 Å². The van der Waals surface area contributed by atoms with Crippen LogP contribution in [-0.4, -0.2) is 53.4 Å². The highest BCUT2D eigenvalue weighted by atomic mass is 16.2. The number of aromatic amines is 1. The molecule has 7 nitrogen and oxygen atoms in total. The van der Waals surface area contributed by atoms with Crippen LogP contribution in [0.1, 0.15) is 12.5 Å². The quantitative estimate of drug-likeness (QED) is 0.483. The number of aromatic nitrogens is 1. The van der Waals surface area contributed by atoms with E-state index in [4.69, 9.17) is 0 Å². The Hall–Kier alpha value is -2.41. The van der Waals surface area contributed by atoms with Gasteiger partial charge in [-0.25, -0.2) is 0 Å². The van der Waals surface area contributed by atoms with Crippen LogP contribution in [0.5, 0.6) is 0 Å². The van der Waals surface area contributed by atoms with Crippen LogP contribution in [0.15, 0.2) is 35.8 Å². The first-order valence-corrected chi connectivity index (χ1v) is 7.61. The minimum Gasteiger partial charge on any atom is -0.352 e. The van der Waals surface area contributed by atoms with E-state index in [0.717, 1.165) is 5.56 Å². The molecule has 0 aromatic carbocycles. The lowest BCUT2D eigenvalue weighted by Gasteiger charge is -2.40.